The molecule has 0 bridgehead atoms. The molecule has 27 heavy (non-hydrogen) atoms. The Morgan fingerprint density at radius 3 is 2.44 bits per heavy atom. The molecule has 146 valence electrons. The molecule has 2 atom stereocenters. The zero-order valence-electron chi connectivity index (χ0n) is 16.9. The predicted octanol–water partition coefficient (Wildman–Crippen LogP) is 5.65. The minimum Gasteiger partial charge on any atom is -0.507 e. The van der Waals surface area contributed by atoms with Crippen LogP contribution >= 0.6 is 11.6 Å². The Kier molecular flexibility index (Phi) is 5.62. The highest BCUT2D eigenvalue weighted by molar-refractivity contribution is 6.20. The lowest BCUT2D eigenvalue weighted by Crippen LogP contribution is -2.42. The molecular formula is C23H29ClO3. The first-order valence-electron chi connectivity index (χ1n) is 9.56. The molecule has 2 aromatic carbocycles. The molecule has 2 unspecified atom stereocenters. The molecule has 3 nitrogen and oxygen atoms in total. The molecule has 0 radical (unpaired) electrons. The zero-order chi connectivity index (χ0) is 19.8. The quantitative estimate of drug-likeness (QED) is 0.672. The molecule has 0 aliphatic carbocycles. The summed E-state index contributed by atoms with van der Waals surface area (Å²) in [6.45, 7) is 10.5. The Balaban J connectivity index is 1.72. The van der Waals surface area contributed by atoms with Gasteiger partial charge in [0.1, 0.15) is 29.5 Å². The molecule has 0 amide bonds. The number of phenols is 1. The molecule has 0 spiro atoms. The molecule has 1 aliphatic heterocycles. The van der Waals surface area contributed by atoms with Gasteiger partial charge in [-0.25, -0.2) is 0 Å². The molecular weight excluding hydrogens is 360 g/mol. The van der Waals surface area contributed by atoms with Gasteiger partial charge in [0.2, 0.25) is 0 Å². The lowest BCUT2D eigenvalue weighted by Gasteiger charge is -2.37. The molecule has 4 heteroatoms. The van der Waals surface area contributed by atoms with Crippen molar-refractivity contribution in [3.8, 4) is 17.2 Å². The topological polar surface area (TPSA) is 38.7 Å². The third-order valence-electron chi connectivity index (χ3n) is 5.58. The summed E-state index contributed by atoms with van der Waals surface area (Å²) in [4.78, 5) is 0. The first-order valence-corrected chi connectivity index (χ1v) is 10.0. The zero-order valence-corrected chi connectivity index (χ0v) is 17.6. The minimum atomic E-state index is -0.392. The van der Waals surface area contributed by atoms with Crippen LogP contribution in [0.5, 0.6) is 17.2 Å². The lowest BCUT2D eigenvalue weighted by molar-refractivity contribution is 0.0166. The second-order valence-corrected chi connectivity index (χ2v) is 8.75. The summed E-state index contributed by atoms with van der Waals surface area (Å²) >= 11 is 6.06. The van der Waals surface area contributed by atoms with Crippen molar-refractivity contribution in [1.82, 2.24) is 0 Å². The van der Waals surface area contributed by atoms with Crippen molar-refractivity contribution in [2.45, 2.75) is 64.9 Å². The van der Waals surface area contributed by atoms with Gasteiger partial charge in [-0.1, -0.05) is 12.1 Å². The summed E-state index contributed by atoms with van der Waals surface area (Å²) < 4.78 is 12.5. The Morgan fingerprint density at radius 1 is 1.15 bits per heavy atom. The highest BCUT2D eigenvalue weighted by Gasteiger charge is 2.35. The van der Waals surface area contributed by atoms with Crippen molar-refractivity contribution in [1.29, 1.82) is 0 Å². The van der Waals surface area contributed by atoms with Gasteiger partial charge in [-0.2, -0.15) is 0 Å². The van der Waals surface area contributed by atoms with Gasteiger partial charge in [0, 0.05) is 10.9 Å². The maximum atomic E-state index is 10.3. The molecule has 1 heterocycles. The molecule has 2 aromatic rings. The van der Waals surface area contributed by atoms with E-state index < -0.39 is 5.60 Å². The number of benzene rings is 2. The van der Waals surface area contributed by atoms with Crippen LogP contribution in [0.3, 0.4) is 0 Å². The number of fused-ring (bicyclic) bond motifs is 1. The minimum absolute atomic E-state index is 0.126. The average Bonchev–Trinajstić information content (AvgIpc) is 2.64. The van der Waals surface area contributed by atoms with E-state index in [1.165, 1.54) is 5.56 Å². The standard InChI is InChI=1S/C23H29ClO3/c1-14(24)12-18-6-8-19(9-7-18)26-13-23(5)11-10-20-17(4)21(25)15(2)16(3)22(20)27-23/h6-9,14,25H,10-13H2,1-5H3. The molecule has 1 N–H and O–H groups in total. The molecule has 0 aromatic heterocycles. The Labute approximate surface area is 167 Å². The first-order chi connectivity index (χ1) is 12.7. The van der Waals surface area contributed by atoms with E-state index in [2.05, 4.69) is 19.1 Å². The smallest absolute Gasteiger partial charge is 0.140 e. The van der Waals surface area contributed by atoms with Crippen molar-refractivity contribution in [2.24, 2.45) is 0 Å². The van der Waals surface area contributed by atoms with E-state index in [9.17, 15) is 5.11 Å². The van der Waals surface area contributed by atoms with Crippen molar-refractivity contribution in [3.63, 3.8) is 0 Å². The van der Waals surface area contributed by atoms with E-state index in [0.717, 1.165) is 53.0 Å². The molecule has 0 fully saturated rings. The van der Waals surface area contributed by atoms with Gasteiger partial charge in [-0.3, -0.25) is 0 Å². The molecule has 0 saturated carbocycles. The van der Waals surface area contributed by atoms with Crippen molar-refractivity contribution < 1.29 is 14.6 Å². The van der Waals surface area contributed by atoms with Crippen molar-refractivity contribution in [3.05, 3.63) is 52.1 Å². The summed E-state index contributed by atoms with van der Waals surface area (Å²) in [6, 6.07) is 8.11. The fourth-order valence-corrected chi connectivity index (χ4v) is 3.86. The van der Waals surface area contributed by atoms with Gasteiger partial charge in [0.15, 0.2) is 0 Å². The van der Waals surface area contributed by atoms with Crippen LogP contribution in [-0.2, 0) is 12.8 Å². The maximum Gasteiger partial charge on any atom is 0.140 e. The van der Waals surface area contributed by atoms with E-state index in [4.69, 9.17) is 21.1 Å². The number of hydrogen-bond donors (Lipinski definition) is 1. The van der Waals surface area contributed by atoms with Crippen LogP contribution in [0.1, 0.15) is 48.1 Å². The van der Waals surface area contributed by atoms with E-state index in [1.807, 2.05) is 39.8 Å². The maximum absolute atomic E-state index is 10.3. The van der Waals surface area contributed by atoms with Crippen LogP contribution in [0.2, 0.25) is 0 Å². The van der Waals surface area contributed by atoms with Gasteiger partial charge < -0.3 is 14.6 Å². The number of phenolic OH excluding ortho intramolecular Hbond substituents is 1. The normalized spacial score (nSPS) is 19.9. The highest BCUT2D eigenvalue weighted by atomic mass is 35.5. The van der Waals surface area contributed by atoms with Crippen LogP contribution in [0.15, 0.2) is 24.3 Å². The Morgan fingerprint density at radius 2 is 1.81 bits per heavy atom. The second kappa shape index (κ2) is 7.63. The predicted molar refractivity (Wildman–Crippen MR) is 111 cm³/mol. The van der Waals surface area contributed by atoms with Crippen LogP contribution in [-0.4, -0.2) is 22.7 Å². The van der Waals surface area contributed by atoms with E-state index in [-0.39, 0.29) is 5.38 Å². The number of alkyl halides is 1. The summed E-state index contributed by atoms with van der Waals surface area (Å²) in [5.74, 6) is 2.14. The van der Waals surface area contributed by atoms with Gasteiger partial charge in [0.25, 0.3) is 0 Å². The lowest BCUT2D eigenvalue weighted by atomic mass is 9.87. The summed E-state index contributed by atoms with van der Waals surface area (Å²) in [5, 5.41) is 10.4. The van der Waals surface area contributed by atoms with E-state index >= 15 is 0 Å². The van der Waals surface area contributed by atoms with Gasteiger partial charge in [-0.05, 0) is 88.3 Å². The van der Waals surface area contributed by atoms with Gasteiger partial charge >= 0.3 is 0 Å². The van der Waals surface area contributed by atoms with E-state index in [0.29, 0.717) is 12.4 Å². The highest BCUT2D eigenvalue weighted by Crippen LogP contribution is 2.43. The first kappa shape index (κ1) is 19.9. The number of ether oxygens (including phenoxy) is 2. The third kappa shape index (κ3) is 4.19. The fourth-order valence-electron chi connectivity index (χ4n) is 3.68. The second-order valence-electron chi connectivity index (χ2n) is 8.00. The van der Waals surface area contributed by atoms with Crippen LogP contribution in [0, 0.1) is 20.8 Å². The van der Waals surface area contributed by atoms with Crippen molar-refractivity contribution in [2.75, 3.05) is 6.61 Å². The van der Waals surface area contributed by atoms with Crippen LogP contribution in [0.4, 0.5) is 0 Å². The largest absolute Gasteiger partial charge is 0.507 e. The van der Waals surface area contributed by atoms with Crippen LogP contribution in [0.25, 0.3) is 0 Å². The third-order valence-corrected chi connectivity index (χ3v) is 5.73. The summed E-state index contributed by atoms with van der Waals surface area (Å²) in [7, 11) is 0. The molecule has 0 saturated heterocycles. The monoisotopic (exact) mass is 388 g/mol. The summed E-state index contributed by atoms with van der Waals surface area (Å²) in [6.07, 6.45) is 2.58. The van der Waals surface area contributed by atoms with Gasteiger partial charge in [-0.15, -0.1) is 11.6 Å². The number of aromatic hydroxyl groups is 1. The van der Waals surface area contributed by atoms with E-state index in [1.54, 1.807) is 0 Å². The Hall–Kier alpha value is -1.87. The number of rotatable bonds is 5. The fraction of sp³-hybridized carbons (Fsp3) is 0.478. The van der Waals surface area contributed by atoms with Gasteiger partial charge in [0.05, 0.1) is 0 Å². The number of hydrogen-bond acceptors (Lipinski definition) is 3. The average molecular weight is 389 g/mol. The van der Waals surface area contributed by atoms with Crippen molar-refractivity contribution >= 4 is 11.6 Å². The SMILES string of the molecule is Cc1c(C)c2c(c(C)c1O)CCC(C)(COc1ccc(CC(C)Cl)cc1)O2. The molecule has 1 aliphatic rings. The van der Waals surface area contributed by atoms with Crippen LogP contribution < -0.4 is 9.47 Å². The summed E-state index contributed by atoms with van der Waals surface area (Å²) in [5.41, 5.74) is 4.77. The Bertz CT molecular complexity index is 827. The molecule has 3 rings (SSSR count). The number of halogens is 1.